The second-order valence-corrected chi connectivity index (χ2v) is 3.72. The van der Waals surface area contributed by atoms with Crippen LogP contribution in [-0.4, -0.2) is 5.91 Å². The summed E-state index contributed by atoms with van der Waals surface area (Å²) in [6, 6.07) is 10.5. The lowest BCUT2D eigenvalue weighted by Gasteiger charge is -2.06. The van der Waals surface area contributed by atoms with Crippen LogP contribution in [0.3, 0.4) is 0 Å². The van der Waals surface area contributed by atoms with Crippen molar-refractivity contribution >= 4 is 11.6 Å². The van der Waals surface area contributed by atoms with Gasteiger partial charge in [0.25, 0.3) is 5.91 Å². The molecule has 1 amide bonds. The fourth-order valence-corrected chi connectivity index (χ4v) is 1.70. The third-order valence-corrected chi connectivity index (χ3v) is 2.61. The lowest BCUT2D eigenvalue weighted by atomic mass is 10.1. The molecule has 0 bridgehead atoms. The third-order valence-electron chi connectivity index (χ3n) is 2.61. The molecular formula is C14H12N2O2. The Morgan fingerprint density at radius 1 is 1.39 bits per heavy atom. The van der Waals surface area contributed by atoms with Crippen LogP contribution in [0.15, 0.2) is 41.0 Å². The number of benzene rings is 1. The number of nitrogens with one attached hydrogen (secondary N) is 1. The van der Waals surface area contributed by atoms with E-state index in [2.05, 4.69) is 5.32 Å². The van der Waals surface area contributed by atoms with Gasteiger partial charge in [-0.3, -0.25) is 4.79 Å². The summed E-state index contributed by atoms with van der Waals surface area (Å²) in [5, 5.41) is 11.7. The van der Waals surface area contributed by atoms with E-state index in [1.54, 1.807) is 30.3 Å². The molecule has 2 rings (SSSR count). The Morgan fingerprint density at radius 3 is 2.89 bits per heavy atom. The Hall–Kier alpha value is -2.54. The fourth-order valence-electron chi connectivity index (χ4n) is 1.70. The number of hydrogen-bond acceptors (Lipinski definition) is 3. The monoisotopic (exact) mass is 240 g/mol. The molecule has 0 saturated carbocycles. The molecule has 0 aliphatic heterocycles. The van der Waals surface area contributed by atoms with Crippen LogP contribution in [-0.2, 0) is 6.42 Å². The van der Waals surface area contributed by atoms with Gasteiger partial charge in [-0.05, 0) is 18.2 Å². The van der Waals surface area contributed by atoms with Crippen molar-refractivity contribution in [3.63, 3.8) is 0 Å². The Morgan fingerprint density at radius 2 is 2.17 bits per heavy atom. The molecule has 1 aromatic carbocycles. The van der Waals surface area contributed by atoms with E-state index in [0.29, 0.717) is 29.0 Å². The minimum absolute atomic E-state index is 0.261. The highest BCUT2D eigenvalue weighted by Gasteiger charge is 2.14. The normalized spacial score (nSPS) is 9.78. The molecular weight excluding hydrogens is 228 g/mol. The highest BCUT2D eigenvalue weighted by Crippen LogP contribution is 2.17. The van der Waals surface area contributed by atoms with Gasteiger partial charge in [-0.15, -0.1) is 0 Å². The molecule has 4 heteroatoms. The average Bonchev–Trinajstić information content (AvgIpc) is 2.87. The molecule has 0 radical (unpaired) electrons. The van der Waals surface area contributed by atoms with E-state index in [1.165, 1.54) is 6.26 Å². The Labute approximate surface area is 105 Å². The smallest absolute Gasteiger partial charge is 0.259 e. The second-order valence-electron chi connectivity index (χ2n) is 3.72. The van der Waals surface area contributed by atoms with E-state index in [1.807, 2.05) is 13.0 Å². The van der Waals surface area contributed by atoms with E-state index in [-0.39, 0.29) is 5.91 Å². The van der Waals surface area contributed by atoms with Crippen molar-refractivity contribution in [3.8, 4) is 6.07 Å². The fraction of sp³-hybridized carbons (Fsp3) is 0.143. The van der Waals surface area contributed by atoms with Crippen LogP contribution in [0.5, 0.6) is 0 Å². The molecule has 0 fully saturated rings. The average molecular weight is 240 g/mol. The van der Waals surface area contributed by atoms with Gasteiger partial charge in [0.1, 0.15) is 11.8 Å². The van der Waals surface area contributed by atoms with Gasteiger partial charge >= 0.3 is 0 Å². The maximum atomic E-state index is 12.0. The van der Waals surface area contributed by atoms with E-state index in [4.69, 9.17) is 9.68 Å². The highest BCUT2D eigenvalue weighted by atomic mass is 16.3. The summed E-state index contributed by atoms with van der Waals surface area (Å²) in [6.07, 6.45) is 2.14. The second kappa shape index (κ2) is 5.19. The number of nitrogens with zero attached hydrogens (tertiary/aromatic N) is 1. The minimum Gasteiger partial charge on any atom is -0.469 e. The molecule has 0 aliphatic carbocycles. The van der Waals surface area contributed by atoms with Gasteiger partial charge < -0.3 is 9.73 Å². The number of anilines is 1. The first-order chi connectivity index (χ1) is 8.76. The lowest BCUT2D eigenvalue weighted by molar-refractivity contribution is 0.102. The maximum Gasteiger partial charge on any atom is 0.259 e. The topological polar surface area (TPSA) is 66.0 Å². The van der Waals surface area contributed by atoms with E-state index in [9.17, 15) is 4.79 Å². The number of amides is 1. The predicted octanol–water partition coefficient (Wildman–Crippen LogP) is 2.97. The summed E-state index contributed by atoms with van der Waals surface area (Å²) in [4.78, 5) is 12.0. The lowest BCUT2D eigenvalue weighted by Crippen LogP contribution is -2.13. The molecule has 4 nitrogen and oxygen atoms in total. The Bertz CT molecular complexity index is 608. The van der Waals surface area contributed by atoms with Gasteiger partial charge in [0.2, 0.25) is 0 Å². The van der Waals surface area contributed by atoms with Crippen molar-refractivity contribution < 1.29 is 9.21 Å². The maximum absolute atomic E-state index is 12.0. The molecule has 2 aromatic rings. The van der Waals surface area contributed by atoms with Gasteiger partial charge in [-0.2, -0.15) is 5.26 Å². The molecule has 90 valence electrons. The number of hydrogen-bond donors (Lipinski definition) is 1. The van der Waals surface area contributed by atoms with Gasteiger partial charge in [0.15, 0.2) is 0 Å². The molecule has 0 saturated heterocycles. The van der Waals surface area contributed by atoms with Crippen molar-refractivity contribution in [2.75, 3.05) is 5.32 Å². The number of nitriles is 1. The minimum atomic E-state index is -0.261. The van der Waals surface area contributed by atoms with Gasteiger partial charge in [-0.1, -0.05) is 19.1 Å². The molecule has 0 atom stereocenters. The zero-order chi connectivity index (χ0) is 13.0. The van der Waals surface area contributed by atoms with Crippen LogP contribution in [0, 0.1) is 11.3 Å². The molecule has 18 heavy (non-hydrogen) atoms. The number of furan rings is 1. The van der Waals surface area contributed by atoms with Crippen LogP contribution < -0.4 is 5.32 Å². The highest BCUT2D eigenvalue weighted by molar-refractivity contribution is 6.05. The number of carbonyl (C=O) groups is 1. The summed E-state index contributed by atoms with van der Waals surface area (Å²) in [6.45, 7) is 1.92. The standard InChI is InChI=1S/C14H12N2O2/c1-2-13-11(7-8-18-13)14(17)16-12-6-4-3-5-10(12)9-15/h3-8H,2H2,1H3,(H,16,17). The molecule has 0 spiro atoms. The van der Waals surface area contributed by atoms with E-state index < -0.39 is 0 Å². The van der Waals surface area contributed by atoms with Crippen molar-refractivity contribution in [3.05, 3.63) is 53.5 Å². The SMILES string of the molecule is CCc1occc1C(=O)Nc1ccccc1C#N. The molecule has 1 heterocycles. The molecule has 0 aliphatic rings. The summed E-state index contributed by atoms with van der Waals surface area (Å²) in [5.74, 6) is 0.380. The van der Waals surface area contributed by atoms with Crippen LogP contribution in [0.1, 0.15) is 28.6 Å². The number of carbonyl (C=O) groups excluding carboxylic acids is 1. The largest absolute Gasteiger partial charge is 0.469 e. The van der Waals surface area contributed by atoms with Crippen LogP contribution in [0.25, 0.3) is 0 Å². The third kappa shape index (κ3) is 2.25. The van der Waals surface area contributed by atoms with E-state index in [0.717, 1.165) is 0 Å². The Kier molecular flexibility index (Phi) is 3.44. The number of aryl methyl sites for hydroxylation is 1. The summed E-state index contributed by atoms with van der Waals surface area (Å²) < 4.78 is 5.20. The zero-order valence-electron chi connectivity index (χ0n) is 9.93. The molecule has 1 N–H and O–H groups in total. The first-order valence-electron chi connectivity index (χ1n) is 5.63. The number of para-hydroxylation sites is 1. The zero-order valence-corrected chi connectivity index (χ0v) is 9.93. The van der Waals surface area contributed by atoms with Crippen molar-refractivity contribution in [2.45, 2.75) is 13.3 Å². The van der Waals surface area contributed by atoms with Crippen LogP contribution >= 0.6 is 0 Å². The summed E-state index contributed by atoms with van der Waals surface area (Å²) in [5.41, 5.74) is 1.45. The first-order valence-corrected chi connectivity index (χ1v) is 5.63. The van der Waals surface area contributed by atoms with Crippen molar-refractivity contribution in [1.29, 1.82) is 5.26 Å². The predicted molar refractivity (Wildman–Crippen MR) is 67.2 cm³/mol. The Balaban J connectivity index is 2.25. The molecule has 1 aromatic heterocycles. The molecule has 0 unspecified atom stereocenters. The van der Waals surface area contributed by atoms with Gasteiger partial charge in [0, 0.05) is 6.42 Å². The first kappa shape index (κ1) is 11.9. The van der Waals surface area contributed by atoms with Crippen LogP contribution in [0.4, 0.5) is 5.69 Å². The summed E-state index contributed by atoms with van der Waals surface area (Å²) in [7, 11) is 0. The van der Waals surface area contributed by atoms with Gasteiger partial charge in [-0.25, -0.2) is 0 Å². The summed E-state index contributed by atoms with van der Waals surface area (Å²) >= 11 is 0. The van der Waals surface area contributed by atoms with E-state index >= 15 is 0 Å². The van der Waals surface area contributed by atoms with Crippen molar-refractivity contribution in [2.24, 2.45) is 0 Å². The van der Waals surface area contributed by atoms with Crippen LogP contribution in [0.2, 0.25) is 0 Å². The van der Waals surface area contributed by atoms with Gasteiger partial charge in [0.05, 0.1) is 23.1 Å². The van der Waals surface area contributed by atoms with Crippen molar-refractivity contribution in [1.82, 2.24) is 0 Å². The number of rotatable bonds is 3. The quantitative estimate of drug-likeness (QED) is 0.896.